The summed E-state index contributed by atoms with van der Waals surface area (Å²) >= 11 is 0. The van der Waals surface area contributed by atoms with Crippen LogP contribution in [0.5, 0.6) is 5.75 Å². The molecule has 2 aliphatic heterocycles. The molecule has 186 valence electrons. The van der Waals surface area contributed by atoms with E-state index >= 15 is 0 Å². The van der Waals surface area contributed by atoms with E-state index < -0.39 is 28.5 Å². The molecule has 0 N–H and O–H groups in total. The molecule has 0 saturated carbocycles. The highest BCUT2D eigenvalue weighted by atomic mass is 32.2. The van der Waals surface area contributed by atoms with Gasteiger partial charge in [0, 0.05) is 19.5 Å². The Morgan fingerprint density at radius 2 is 1.69 bits per heavy atom. The molecular formula is C25H29N3O6S. The van der Waals surface area contributed by atoms with Crippen LogP contribution in [0.1, 0.15) is 48.0 Å². The molecule has 9 nitrogen and oxygen atoms in total. The zero-order valence-electron chi connectivity index (χ0n) is 19.7. The molecule has 35 heavy (non-hydrogen) atoms. The lowest BCUT2D eigenvalue weighted by Gasteiger charge is -2.21. The topological polar surface area (TPSA) is 106 Å². The summed E-state index contributed by atoms with van der Waals surface area (Å²) in [5.74, 6) is -1.09. The first-order valence-corrected chi connectivity index (χ1v) is 13.1. The van der Waals surface area contributed by atoms with E-state index in [2.05, 4.69) is 5.10 Å². The Hall–Kier alpha value is -3.24. The number of benzene rings is 2. The number of sulfonamides is 1. The summed E-state index contributed by atoms with van der Waals surface area (Å²) in [5.41, 5.74) is 1.77. The molecule has 0 aliphatic carbocycles. The highest BCUT2D eigenvalue weighted by Crippen LogP contribution is 2.29. The SMILES string of the molecule is COc1ccc(C(=O)OCC(=O)N2CCC(c3ccccc3)=N2)cc1S(=O)(=O)N1CCCCCC1. The second-order valence-electron chi connectivity index (χ2n) is 8.44. The van der Waals surface area contributed by atoms with E-state index in [9.17, 15) is 18.0 Å². The van der Waals surface area contributed by atoms with Gasteiger partial charge in [0.25, 0.3) is 5.91 Å². The van der Waals surface area contributed by atoms with E-state index in [4.69, 9.17) is 9.47 Å². The first-order chi connectivity index (χ1) is 16.9. The van der Waals surface area contributed by atoms with Crippen molar-refractivity contribution >= 4 is 27.6 Å². The van der Waals surface area contributed by atoms with E-state index in [0.29, 0.717) is 26.1 Å². The Labute approximate surface area is 205 Å². The molecule has 0 radical (unpaired) electrons. The molecule has 0 unspecified atom stereocenters. The van der Waals surface area contributed by atoms with Crippen LogP contribution >= 0.6 is 0 Å². The van der Waals surface area contributed by atoms with Crippen molar-refractivity contribution in [3.8, 4) is 5.75 Å². The molecule has 0 spiro atoms. The van der Waals surface area contributed by atoms with Gasteiger partial charge < -0.3 is 9.47 Å². The molecule has 0 aromatic heterocycles. The Morgan fingerprint density at radius 3 is 2.37 bits per heavy atom. The second-order valence-corrected chi connectivity index (χ2v) is 10.3. The summed E-state index contributed by atoms with van der Waals surface area (Å²) in [5, 5.41) is 5.64. The average molecular weight is 500 g/mol. The molecule has 1 amide bonds. The molecule has 1 fully saturated rings. The van der Waals surface area contributed by atoms with Crippen molar-refractivity contribution in [1.29, 1.82) is 0 Å². The minimum atomic E-state index is -3.85. The van der Waals surface area contributed by atoms with Crippen LogP contribution < -0.4 is 4.74 Å². The number of hydrogen-bond donors (Lipinski definition) is 0. The van der Waals surface area contributed by atoms with E-state index in [1.54, 1.807) is 0 Å². The van der Waals surface area contributed by atoms with Crippen molar-refractivity contribution in [2.24, 2.45) is 5.10 Å². The molecule has 2 aliphatic rings. The fraction of sp³-hybridized carbons (Fsp3) is 0.400. The predicted octanol–water partition coefficient (Wildman–Crippen LogP) is 3.05. The van der Waals surface area contributed by atoms with E-state index in [0.717, 1.165) is 37.0 Å². The summed E-state index contributed by atoms with van der Waals surface area (Å²) in [4.78, 5) is 25.1. The predicted molar refractivity (Wildman–Crippen MR) is 130 cm³/mol. The van der Waals surface area contributed by atoms with Gasteiger partial charge in [-0.2, -0.15) is 9.41 Å². The Kier molecular flexibility index (Phi) is 7.82. The number of rotatable bonds is 7. The normalized spacial score (nSPS) is 16.9. The van der Waals surface area contributed by atoms with Gasteiger partial charge in [-0.05, 0) is 36.6 Å². The number of methoxy groups -OCH3 is 1. The Bertz CT molecular complexity index is 1200. The highest BCUT2D eigenvalue weighted by Gasteiger charge is 2.30. The highest BCUT2D eigenvalue weighted by molar-refractivity contribution is 7.89. The van der Waals surface area contributed by atoms with Gasteiger partial charge >= 0.3 is 5.97 Å². The lowest BCUT2D eigenvalue weighted by atomic mass is 10.1. The largest absolute Gasteiger partial charge is 0.495 e. The molecule has 4 rings (SSSR count). The van der Waals surface area contributed by atoms with Gasteiger partial charge in [0.05, 0.1) is 24.9 Å². The average Bonchev–Trinajstić information content (AvgIpc) is 3.22. The van der Waals surface area contributed by atoms with E-state index in [-0.39, 0.29) is 16.2 Å². The van der Waals surface area contributed by atoms with Gasteiger partial charge in [0.1, 0.15) is 10.6 Å². The maximum absolute atomic E-state index is 13.3. The van der Waals surface area contributed by atoms with Crippen molar-refractivity contribution in [3.63, 3.8) is 0 Å². The molecule has 2 aromatic carbocycles. The van der Waals surface area contributed by atoms with Gasteiger partial charge in [0.2, 0.25) is 10.0 Å². The second kappa shape index (κ2) is 11.0. The van der Waals surface area contributed by atoms with E-state index in [1.807, 2.05) is 30.3 Å². The maximum atomic E-state index is 13.3. The number of hydrogen-bond acceptors (Lipinski definition) is 7. The van der Waals surface area contributed by atoms with Crippen molar-refractivity contribution < 1.29 is 27.5 Å². The smallest absolute Gasteiger partial charge is 0.338 e. The third kappa shape index (κ3) is 5.71. The van der Waals surface area contributed by atoms with Crippen LogP contribution in [-0.4, -0.2) is 68.7 Å². The molecule has 0 atom stereocenters. The van der Waals surface area contributed by atoms with Crippen molar-refractivity contribution in [1.82, 2.24) is 9.31 Å². The molecule has 2 aromatic rings. The van der Waals surface area contributed by atoms with Crippen LogP contribution in [0, 0.1) is 0 Å². The lowest BCUT2D eigenvalue weighted by Crippen LogP contribution is -2.32. The quantitative estimate of drug-likeness (QED) is 0.542. The third-order valence-corrected chi connectivity index (χ3v) is 8.03. The molecule has 1 saturated heterocycles. The Morgan fingerprint density at radius 1 is 0.971 bits per heavy atom. The zero-order chi connectivity index (χ0) is 24.8. The first-order valence-electron chi connectivity index (χ1n) is 11.7. The number of carbonyl (C=O) groups is 2. The van der Waals surface area contributed by atoms with Gasteiger partial charge in [-0.15, -0.1) is 0 Å². The number of nitrogens with zero attached hydrogens (tertiary/aromatic N) is 3. The summed E-state index contributed by atoms with van der Waals surface area (Å²) in [6, 6.07) is 13.7. The van der Waals surface area contributed by atoms with Crippen LogP contribution in [0.3, 0.4) is 0 Å². The minimum Gasteiger partial charge on any atom is -0.495 e. The molecule has 10 heteroatoms. The maximum Gasteiger partial charge on any atom is 0.338 e. The van der Waals surface area contributed by atoms with Gasteiger partial charge in [-0.25, -0.2) is 18.2 Å². The summed E-state index contributed by atoms with van der Waals surface area (Å²) in [7, 11) is -2.47. The number of hydrazone groups is 1. The zero-order valence-corrected chi connectivity index (χ0v) is 20.5. The van der Waals surface area contributed by atoms with Crippen LogP contribution in [-0.2, 0) is 19.6 Å². The standard InChI is InChI=1S/C25H29N3O6S/c1-33-22-12-11-20(17-23(22)35(31,32)27-14-7-2-3-8-15-27)25(30)34-18-24(29)28-16-13-21(26-28)19-9-5-4-6-10-19/h4-6,9-12,17H,2-3,7-8,13-16,18H2,1H3. The number of esters is 1. The minimum absolute atomic E-state index is 0.0295. The van der Waals surface area contributed by atoms with Gasteiger partial charge in [0.15, 0.2) is 6.61 Å². The van der Waals surface area contributed by atoms with E-state index in [1.165, 1.54) is 34.6 Å². The fourth-order valence-corrected chi connectivity index (χ4v) is 5.88. The Balaban J connectivity index is 1.44. The monoisotopic (exact) mass is 499 g/mol. The van der Waals surface area contributed by atoms with Crippen LogP contribution in [0.4, 0.5) is 0 Å². The van der Waals surface area contributed by atoms with Crippen molar-refractivity contribution in [2.45, 2.75) is 37.0 Å². The van der Waals surface area contributed by atoms with Crippen molar-refractivity contribution in [2.75, 3.05) is 33.4 Å². The first kappa shape index (κ1) is 24.9. The lowest BCUT2D eigenvalue weighted by molar-refractivity contribution is -0.134. The molecular weight excluding hydrogens is 470 g/mol. The third-order valence-electron chi connectivity index (χ3n) is 6.11. The summed E-state index contributed by atoms with van der Waals surface area (Å²) in [6.45, 7) is 0.762. The van der Waals surface area contributed by atoms with Crippen LogP contribution in [0.15, 0.2) is 58.5 Å². The molecule has 2 heterocycles. The number of carbonyl (C=O) groups excluding carboxylic acids is 2. The van der Waals surface area contributed by atoms with Crippen LogP contribution in [0.2, 0.25) is 0 Å². The molecule has 0 bridgehead atoms. The number of amides is 1. The summed E-state index contributed by atoms with van der Waals surface area (Å²) < 4.78 is 38.5. The van der Waals surface area contributed by atoms with Gasteiger partial charge in [-0.1, -0.05) is 43.2 Å². The van der Waals surface area contributed by atoms with Gasteiger partial charge in [-0.3, -0.25) is 4.79 Å². The number of ether oxygens (including phenoxy) is 2. The van der Waals surface area contributed by atoms with Crippen LogP contribution in [0.25, 0.3) is 0 Å². The summed E-state index contributed by atoms with van der Waals surface area (Å²) in [6.07, 6.45) is 4.15. The fourth-order valence-electron chi connectivity index (χ4n) is 4.18. The van der Waals surface area contributed by atoms with Crippen molar-refractivity contribution in [3.05, 3.63) is 59.7 Å².